The van der Waals surface area contributed by atoms with Crippen LogP contribution in [-0.4, -0.2) is 57.8 Å². The minimum absolute atomic E-state index is 0.00460. The maximum absolute atomic E-state index is 12.8. The van der Waals surface area contributed by atoms with E-state index in [-0.39, 0.29) is 29.5 Å². The van der Waals surface area contributed by atoms with E-state index in [2.05, 4.69) is 16.5 Å². The normalized spacial score (nSPS) is 21.5. The van der Waals surface area contributed by atoms with Crippen molar-refractivity contribution < 1.29 is 22.8 Å². The molecule has 2 aliphatic rings. The molecule has 3 rings (SSSR count). The molecule has 1 aromatic rings. The molecule has 0 spiro atoms. The molecule has 0 bridgehead atoms. The Morgan fingerprint density at radius 2 is 1.86 bits per heavy atom. The monoisotopic (exact) mass is 396 g/mol. The molecule has 2 fully saturated rings. The van der Waals surface area contributed by atoms with E-state index in [1.165, 1.54) is 6.08 Å². The number of alkyl halides is 3. The lowest BCUT2D eigenvalue weighted by molar-refractivity contribution is -0.141. The second kappa shape index (κ2) is 8.28. The molecular weight excluding hydrogens is 373 g/mol. The van der Waals surface area contributed by atoms with Crippen LogP contribution in [0, 0.1) is 5.92 Å². The van der Waals surface area contributed by atoms with Crippen LogP contribution in [-0.2, 0) is 15.8 Å². The second-order valence-corrected chi connectivity index (χ2v) is 7.22. The van der Waals surface area contributed by atoms with Gasteiger partial charge in [0.1, 0.15) is 11.5 Å². The first kappa shape index (κ1) is 20.3. The van der Waals surface area contributed by atoms with Gasteiger partial charge in [-0.15, -0.1) is 0 Å². The average molecular weight is 396 g/mol. The number of likely N-dealkylation sites (tertiary alicyclic amines) is 2. The maximum Gasteiger partial charge on any atom is 0.433 e. The number of carbonyl (C=O) groups excluding carboxylic acids is 2. The summed E-state index contributed by atoms with van der Waals surface area (Å²) in [5, 5.41) is 0. The zero-order chi connectivity index (χ0) is 20.3. The quantitative estimate of drug-likeness (QED) is 0.737. The minimum Gasteiger partial charge on any atom is -0.342 e. The van der Waals surface area contributed by atoms with Crippen molar-refractivity contribution >= 4 is 11.8 Å². The molecule has 2 saturated heterocycles. The van der Waals surface area contributed by atoms with Crippen molar-refractivity contribution in [3.05, 3.63) is 36.4 Å². The van der Waals surface area contributed by atoms with Crippen molar-refractivity contribution in [3.8, 4) is 0 Å². The molecule has 1 aromatic heterocycles. The molecule has 28 heavy (non-hydrogen) atoms. The summed E-state index contributed by atoms with van der Waals surface area (Å²) in [5.74, 6) is -0.416. The molecule has 2 amide bonds. The van der Waals surface area contributed by atoms with Crippen LogP contribution in [0.25, 0.3) is 0 Å². The molecule has 6 nitrogen and oxygen atoms in total. The summed E-state index contributed by atoms with van der Waals surface area (Å²) in [7, 11) is 0. The molecule has 0 aliphatic carbocycles. The van der Waals surface area contributed by atoms with Gasteiger partial charge >= 0.3 is 6.18 Å². The van der Waals surface area contributed by atoms with Crippen molar-refractivity contribution in [1.29, 1.82) is 0 Å². The van der Waals surface area contributed by atoms with Crippen molar-refractivity contribution in [1.82, 2.24) is 19.8 Å². The van der Waals surface area contributed by atoms with Crippen molar-refractivity contribution in [2.75, 3.05) is 26.2 Å². The Kier molecular flexibility index (Phi) is 6.00. The average Bonchev–Trinajstić information content (AvgIpc) is 2.72. The number of hydrogen-bond acceptors (Lipinski definition) is 4. The predicted octanol–water partition coefficient (Wildman–Crippen LogP) is 2.63. The summed E-state index contributed by atoms with van der Waals surface area (Å²) in [4.78, 5) is 35.7. The van der Waals surface area contributed by atoms with E-state index in [1.807, 2.05) is 0 Å². The summed E-state index contributed by atoms with van der Waals surface area (Å²) in [6.45, 7) is 5.41. The SMILES string of the molecule is C=CC(=O)N1CCCC(C(=O)N2CCC(c3nccc(C(F)(F)F)n3)CC2)C1. The van der Waals surface area contributed by atoms with Gasteiger partial charge in [-0.25, -0.2) is 9.97 Å². The van der Waals surface area contributed by atoms with Crippen LogP contribution in [0.15, 0.2) is 24.9 Å². The number of halogens is 3. The number of hydrogen-bond donors (Lipinski definition) is 0. The summed E-state index contributed by atoms with van der Waals surface area (Å²) in [6.07, 6.45) is 0.443. The van der Waals surface area contributed by atoms with Gasteiger partial charge in [0.05, 0.1) is 5.92 Å². The fourth-order valence-corrected chi connectivity index (χ4v) is 3.85. The highest BCUT2D eigenvalue weighted by molar-refractivity contribution is 5.88. The molecule has 2 aliphatic heterocycles. The molecule has 0 radical (unpaired) electrons. The number of rotatable bonds is 3. The number of amides is 2. The first-order valence-corrected chi connectivity index (χ1v) is 9.40. The van der Waals surface area contributed by atoms with E-state index in [9.17, 15) is 22.8 Å². The van der Waals surface area contributed by atoms with Gasteiger partial charge in [0.25, 0.3) is 0 Å². The third kappa shape index (κ3) is 4.51. The Morgan fingerprint density at radius 1 is 1.14 bits per heavy atom. The van der Waals surface area contributed by atoms with Gasteiger partial charge in [-0.3, -0.25) is 9.59 Å². The van der Waals surface area contributed by atoms with E-state index >= 15 is 0 Å². The van der Waals surface area contributed by atoms with E-state index in [1.54, 1.807) is 9.80 Å². The van der Waals surface area contributed by atoms with Crippen LogP contribution < -0.4 is 0 Å². The third-order valence-corrected chi connectivity index (χ3v) is 5.39. The Bertz CT molecular complexity index is 745. The van der Waals surface area contributed by atoms with E-state index < -0.39 is 11.9 Å². The van der Waals surface area contributed by atoms with Gasteiger partial charge in [-0.2, -0.15) is 13.2 Å². The maximum atomic E-state index is 12.8. The van der Waals surface area contributed by atoms with Crippen molar-refractivity contribution in [3.63, 3.8) is 0 Å². The van der Waals surface area contributed by atoms with Gasteiger partial charge in [0.2, 0.25) is 11.8 Å². The largest absolute Gasteiger partial charge is 0.433 e. The molecule has 1 unspecified atom stereocenters. The van der Waals surface area contributed by atoms with Crippen LogP contribution in [0.4, 0.5) is 13.2 Å². The number of piperidine rings is 2. The Morgan fingerprint density at radius 3 is 2.50 bits per heavy atom. The van der Waals surface area contributed by atoms with Crippen LogP contribution >= 0.6 is 0 Å². The fraction of sp³-hybridized carbons (Fsp3) is 0.579. The van der Waals surface area contributed by atoms with E-state index in [0.29, 0.717) is 39.0 Å². The molecule has 1 atom stereocenters. The molecule has 0 saturated carbocycles. The zero-order valence-electron chi connectivity index (χ0n) is 15.5. The van der Waals surface area contributed by atoms with Gasteiger partial charge in [0.15, 0.2) is 0 Å². The second-order valence-electron chi connectivity index (χ2n) is 7.22. The third-order valence-electron chi connectivity index (χ3n) is 5.39. The van der Waals surface area contributed by atoms with Crippen LogP contribution in [0.2, 0.25) is 0 Å². The minimum atomic E-state index is -4.50. The van der Waals surface area contributed by atoms with Crippen molar-refractivity contribution in [2.45, 2.75) is 37.8 Å². The van der Waals surface area contributed by atoms with Crippen LogP contribution in [0.1, 0.15) is 43.1 Å². The summed E-state index contributed by atoms with van der Waals surface area (Å²) in [5.41, 5.74) is -0.940. The van der Waals surface area contributed by atoms with Gasteiger partial charge in [-0.05, 0) is 37.8 Å². The predicted molar refractivity (Wildman–Crippen MR) is 95.1 cm³/mol. The Balaban J connectivity index is 1.59. The van der Waals surface area contributed by atoms with Crippen LogP contribution in [0.5, 0.6) is 0 Å². The highest BCUT2D eigenvalue weighted by atomic mass is 19.4. The summed E-state index contributed by atoms with van der Waals surface area (Å²) < 4.78 is 38.5. The first-order chi connectivity index (χ1) is 13.3. The molecule has 0 aromatic carbocycles. The van der Waals surface area contributed by atoms with E-state index in [0.717, 1.165) is 25.1 Å². The Labute approximate surface area is 161 Å². The lowest BCUT2D eigenvalue weighted by Crippen LogP contribution is -2.48. The lowest BCUT2D eigenvalue weighted by Gasteiger charge is -2.37. The fourth-order valence-electron chi connectivity index (χ4n) is 3.85. The summed E-state index contributed by atoms with van der Waals surface area (Å²) >= 11 is 0. The first-order valence-electron chi connectivity index (χ1n) is 9.40. The lowest BCUT2D eigenvalue weighted by atomic mass is 9.92. The summed E-state index contributed by atoms with van der Waals surface area (Å²) in [6, 6.07) is 0.863. The smallest absolute Gasteiger partial charge is 0.342 e. The molecule has 9 heteroatoms. The molecule has 152 valence electrons. The number of aromatic nitrogens is 2. The zero-order valence-corrected chi connectivity index (χ0v) is 15.5. The standard InChI is InChI=1S/C19H23F3N4O2/c1-2-16(27)26-9-3-4-14(12-26)18(28)25-10-6-13(7-11-25)17-23-8-5-15(24-17)19(20,21)22/h2,5,8,13-14H,1,3-4,6-7,9-12H2. The molecule has 0 N–H and O–H groups in total. The van der Waals surface area contributed by atoms with Gasteiger partial charge in [-0.1, -0.05) is 6.58 Å². The highest BCUT2D eigenvalue weighted by Gasteiger charge is 2.35. The van der Waals surface area contributed by atoms with E-state index in [4.69, 9.17) is 0 Å². The number of carbonyl (C=O) groups is 2. The number of nitrogens with zero attached hydrogens (tertiary/aromatic N) is 4. The van der Waals surface area contributed by atoms with Crippen LogP contribution in [0.3, 0.4) is 0 Å². The van der Waals surface area contributed by atoms with Gasteiger partial charge in [0, 0.05) is 38.3 Å². The van der Waals surface area contributed by atoms with Crippen molar-refractivity contribution in [2.24, 2.45) is 5.92 Å². The topological polar surface area (TPSA) is 66.4 Å². The van der Waals surface area contributed by atoms with Gasteiger partial charge < -0.3 is 9.80 Å². The Hall–Kier alpha value is -2.45. The molecular formula is C19H23F3N4O2. The highest BCUT2D eigenvalue weighted by Crippen LogP contribution is 2.31. The molecule has 3 heterocycles.